The molecule has 2 unspecified atom stereocenters. The molecule has 258 valence electrons. The van der Waals surface area contributed by atoms with Crippen LogP contribution in [0.5, 0.6) is 11.5 Å². The van der Waals surface area contributed by atoms with E-state index in [0.717, 1.165) is 22.6 Å². The number of anilines is 4. The van der Waals surface area contributed by atoms with E-state index in [0.29, 0.717) is 47.1 Å². The lowest BCUT2D eigenvalue weighted by Gasteiger charge is -2.19. The third-order valence-electron chi connectivity index (χ3n) is 8.32. The van der Waals surface area contributed by atoms with Gasteiger partial charge in [0, 0.05) is 12.1 Å². The van der Waals surface area contributed by atoms with Crippen LogP contribution in [-0.4, -0.2) is 49.4 Å². The lowest BCUT2D eigenvalue weighted by atomic mass is 9.97. The fourth-order valence-electron chi connectivity index (χ4n) is 5.83. The number of hydrogen-bond acceptors (Lipinski definition) is 10. The maximum Gasteiger partial charge on any atom is 0.266 e. The van der Waals surface area contributed by atoms with Crippen molar-refractivity contribution in [3.05, 3.63) is 95.1 Å². The van der Waals surface area contributed by atoms with E-state index in [1.54, 1.807) is 74.5 Å². The Labute approximate surface area is 289 Å². The van der Waals surface area contributed by atoms with E-state index in [-0.39, 0.29) is 33.8 Å². The van der Waals surface area contributed by atoms with Crippen molar-refractivity contribution in [2.75, 3.05) is 34.5 Å². The van der Waals surface area contributed by atoms with Crippen LogP contribution in [0.25, 0.3) is 11.1 Å². The number of imide groups is 2. The van der Waals surface area contributed by atoms with Gasteiger partial charge in [-0.05, 0) is 86.3 Å². The van der Waals surface area contributed by atoms with Gasteiger partial charge in [0.1, 0.15) is 11.5 Å². The molecule has 0 spiro atoms. The number of carbonyl (C=O) groups is 4. The summed E-state index contributed by atoms with van der Waals surface area (Å²) in [6.07, 6.45) is 0.453. The third kappa shape index (κ3) is 6.38. The molecule has 4 amide bonds. The SMILES string of the molecule is CCCOC(C)Oc1cc(N2C(=O)c3ccc(-c4ccc5c(c4)C(=O)N(c4ccc(N)c(OC(C)OCCC)c4)C5=O)cc3C2=O)ccc1N. The van der Waals surface area contributed by atoms with E-state index in [4.69, 9.17) is 30.4 Å². The fourth-order valence-corrected chi connectivity index (χ4v) is 5.83. The molecule has 4 N–H and O–H groups in total. The molecule has 2 atom stereocenters. The highest BCUT2D eigenvalue weighted by atomic mass is 16.7. The molecule has 0 fully saturated rings. The van der Waals surface area contributed by atoms with Gasteiger partial charge >= 0.3 is 0 Å². The Balaban J connectivity index is 1.24. The molecule has 2 aliphatic rings. The molecule has 12 nitrogen and oxygen atoms in total. The largest absolute Gasteiger partial charge is 0.463 e. The standard InChI is InChI=1S/C38H38N4O8/c1-5-15-47-21(3)49-33-19-25(9-13-31(33)39)41-35(43)27-11-7-23(17-29(27)37(41)45)24-8-12-28-30(18-24)38(46)42(36(28)44)26-10-14-32(40)34(20-26)50-22(4)48-16-6-2/h7-14,17-22H,5-6,15-16,39-40H2,1-4H3. The molecule has 50 heavy (non-hydrogen) atoms. The van der Waals surface area contributed by atoms with Crippen LogP contribution in [0.3, 0.4) is 0 Å². The number of rotatable bonds is 13. The van der Waals surface area contributed by atoms with E-state index < -0.39 is 36.2 Å². The van der Waals surface area contributed by atoms with Gasteiger partial charge in [0.25, 0.3) is 23.6 Å². The first-order valence-electron chi connectivity index (χ1n) is 16.4. The van der Waals surface area contributed by atoms with Gasteiger partial charge in [-0.15, -0.1) is 0 Å². The van der Waals surface area contributed by atoms with Crippen molar-refractivity contribution in [3.63, 3.8) is 0 Å². The molecule has 0 aliphatic carbocycles. The molecule has 6 rings (SSSR count). The number of nitrogens with two attached hydrogens (primary N) is 2. The molecule has 0 saturated carbocycles. The predicted octanol–water partition coefficient (Wildman–Crippen LogP) is 6.42. The van der Waals surface area contributed by atoms with E-state index >= 15 is 0 Å². The van der Waals surface area contributed by atoms with Gasteiger partial charge in [-0.1, -0.05) is 26.0 Å². The normalized spacial score (nSPS) is 15.0. The average molecular weight is 679 g/mol. The summed E-state index contributed by atoms with van der Waals surface area (Å²) in [7, 11) is 0. The zero-order valence-corrected chi connectivity index (χ0v) is 28.2. The number of benzene rings is 4. The Morgan fingerprint density at radius 2 is 0.920 bits per heavy atom. The second kappa shape index (κ2) is 14.0. The number of hydrogen-bond donors (Lipinski definition) is 2. The molecule has 0 radical (unpaired) electrons. The molecular formula is C38H38N4O8. The first-order chi connectivity index (χ1) is 24.0. The first-order valence-corrected chi connectivity index (χ1v) is 16.4. The predicted molar refractivity (Wildman–Crippen MR) is 189 cm³/mol. The molecule has 12 heteroatoms. The highest BCUT2D eigenvalue weighted by Crippen LogP contribution is 2.38. The summed E-state index contributed by atoms with van der Waals surface area (Å²) in [6.45, 7) is 8.44. The van der Waals surface area contributed by atoms with Gasteiger partial charge in [0.05, 0.1) is 58.2 Å². The lowest BCUT2D eigenvalue weighted by Crippen LogP contribution is -2.29. The van der Waals surface area contributed by atoms with Gasteiger partial charge in [0.2, 0.25) is 0 Å². The summed E-state index contributed by atoms with van der Waals surface area (Å²) in [6, 6.07) is 19.1. The molecule has 4 aromatic carbocycles. The van der Waals surface area contributed by atoms with Crippen molar-refractivity contribution in [3.8, 4) is 22.6 Å². The summed E-state index contributed by atoms with van der Waals surface area (Å²) < 4.78 is 22.8. The average Bonchev–Trinajstić information content (AvgIpc) is 3.51. The quantitative estimate of drug-likeness (QED) is 0.0916. The van der Waals surface area contributed by atoms with E-state index in [9.17, 15) is 19.2 Å². The van der Waals surface area contributed by atoms with Crippen molar-refractivity contribution in [1.82, 2.24) is 0 Å². The Bertz CT molecular complexity index is 1870. The molecule has 2 heterocycles. The van der Waals surface area contributed by atoms with Crippen LogP contribution >= 0.6 is 0 Å². The van der Waals surface area contributed by atoms with Crippen molar-refractivity contribution >= 4 is 46.4 Å². The molecule has 0 aromatic heterocycles. The van der Waals surface area contributed by atoms with Crippen molar-refractivity contribution in [2.45, 2.75) is 53.1 Å². The maximum atomic E-state index is 13.7. The molecule has 2 aliphatic heterocycles. The molecule has 0 saturated heterocycles. The van der Waals surface area contributed by atoms with Crippen LogP contribution in [0.4, 0.5) is 22.7 Å². The fraction of sp³-hybridized carbons (Fsp3) is 0.263. The number of fused-ring (bicyclic) bond motifs is 2. The molecule has 0 bridgehead atoms. The van der Waals surface area contributed by atoms with E-state index in [1.165, 1.54) is 12.1 Å². The monoisotopic (exact) mass is 678 g/mol. The van der Waals surface area contributed by atoms with Gasteiger partial charge in [-0.25, -0.2) is 9.80 Å². The van der Waals surface area contributed by atoms with Gasteiger partial charge in [-0.3, -0.25) is 19.2 Å². The van der Waals surface area contributed by atoms with Crippen molar-refractivity contribution < 1.29 is 38.1 Å². The minimum absolute atomic E-state index is 0.197. The summed E-state index contributed by atoms with van der Waals surface area (Å²) >= 11 is 0. The minimum atomic E-state index is -0.587. The second-order valence-corrected chi connectivity index (χ2v) is 12.0. The third-order valence-corrected chi connectivity index (χ3v) is 8.32. The number of amides is 4. The van der Waals surface area contributed by atoms with Crippen LogP contribution in [0, 0.1) is 0 Å². The lowest BCUT2D eigenvalue weighted by molar-refractivity contribution is -0.0661. The maximum absolute atomic E-state index is 13.7. The van der Waals surface area contributed by atoms with Crippen molar-refractivity contribution in [1.29, 1.82) is 0 Å². The summed E-state index contributed by atoms with van der Waals surface area (Å²) in [4.78, 5) is 56.4. The second-order valence-electron chi connectivity index (χ2n) is 12.0. The zero-order chi connectivity index (χ0) is 35.7. The van der Waals surface area contributed by atoms with Crippen molar-refractivity contribution in [2.24, 2.45) is 0 Å². The van der Waals surface area contributed by atoms with Gasteiger partial charge < -0.3 is 30.4 Å². The number of nitrogen functional groups attached to an aromatic ring is 2. The number of ether oxygens (including phenoxy) is 4. The summed E-state index contributed by atoms with van der Waals surface area (Å²) in [5.74, 6) is -1.46. The summed E-state index contributed by atoms with van der Waals surface area (Å²) in [5.41, 5.74) is 15.5. The van der Waals surface area contributed by atoms with Gasteiger partial charge in [-0.2, -0.15) is 0 Å². The van der Waals surface area contributed by atoms with Crippen LogP contribution in [-0.2, 0) is 9.47 Å². The Morgan fingerprint density at radius 1 is 0.540 bits per heavy atom. The Hall–Kier alpha value is -5.72. The Morgan fingerprint density at radius 3 is 1.30 bits per heavy atom. The smallest absolute Gasteiger partial charge is 0.266 e. The minimum Gasteiger partial charge on any atom is -0.463 e. The zero-order valence-electron chi connectivity index (χ0n) is 28.2. The highest BCUT2D eigenvalue weighted by Gasteiger charge is 2.39. The van der Waals surface area contributed by atoms with Crippen LogP contribution in [0.1, 0.15) is 82.0 Å². The molecule has 4 aromatic rings. The highest BCUT2D eigenvalue weighted by molar-refractivity contribution is 6.36. The number of carbonyl (C=O) groups excluding carboxylic acids is 4. The topological polar surface area (TPSA) is 164 Å². The van der Waals surface area contributed by atoms with Crippen LogP contribution < -0.4 is 30.7 Å². The van der Waals surface area contributed by atoms with Crippen LogP contribution in [0.15, 0.2) is 72.8 Å². The van der Waals surface area contributed by atoms with Gasteiger partial charge in [0.15, 0.2) is 12.6 Å². The van der Waals surface area contributed by atoms with E-state index in [1.807, 2.05) is 13.8 Å². The molecular weight excluding hydrogens is 640 g/mol. The Kier molecular flexibility index (Phi) is 9.58. The first kappa shape index (κ1) is 34.2. The van der Waals surface area contributed by atoms with Crippen LogP contribution in [0.2, 0.25) is 0 Å². The van der Waals surface area contributed by atoms with E-state index in [2.05, 4.69) is 0 Å². The summed E-state index contributed by atoms with van der Waals surface area (Å²) in [5, 5.41) is 0. The number of nitrogens with zero attached hydrogens (tertiary/aromatic N) is 2.